The van der Waals surface area contributed by atoms with Crippen LogP contribution in [-0.4, -0.2) is 5.78 Å². The molecule has 2 heteroatoms. The van der Waals surface area contributed by atoms with Crippen LogP contribution in [0.3, 0.4) is 0 Å². The predicted octanol–water partition coefficient (Wildman–Crippen LogP) is 5.31. The van der Waals surface area contributed by atoms with Crippen molar-refractivity contribution in [3.05, 3.63) is 69.2 Å². The van der Waals surface area contributed by atoms with Crippen LogP contribution in [0, 0.1) is 6.92 Å². The van der Waals surface area contributed by atoms with Crippen molar-refractivity contribution in [1.29, 1.82) is 0 Å². The first-order valence-corrected chi connectivity index (χ1v) is 7.65. The van der Waals surface area contributed by atoms with Gasteiger partial charge in [0.15, 0.2) is 5.78 Å². The third-order valence-electron chi connectivity index (χ3n) is 3.48. The van der Waals surface area contributed by atoms with Gasteiger partial charge in [-0.15, -0.1) is 0 Å². The van der Waals surface area contributed by atoms with Crippen molar-refractivity contribution in [3.8, 4) is 0 Å². The van der Waals surface area contributed by atoms with E-state index in [0.717, 1.165) is 21.2 Å². The van der Waals surface area contributed by atoms with E-state index in [1.165, 1.54) is 5.56 Å². The molecular weight excluding hydrogens is 312 g/mol. The van der Waals surface area contributed by atoms with E-state index < -0.39 is 0 Å². The Hall–Kier alpha value is -1.41. The smallest absolute Gasteiger partial charge is 0.167 e. The normalized spacial score (nSPS) is 10.8. The average Bonchev–Trinajstić information content (AvgIpc) is 2.42. The van der Waals surface area contributed by atoms with E-state index in [-0.39, 0.29) is 5.78 Å². The summed E-state index contributed by atoms with van der Waals surface area (Å²) in [6, 6.07) is 14.1. The van der Waals surface area contributed by atoms with Crippen molar-refractivity contribution in [2.45, 2.75) is 33.1 Å². The number of benzene rings is 2. The molecule has 0 N–H and O–H groups in total. The molecule has 0 atom stereocenters. The van der Waals surface area contributed by atoms with Crippen molar-refractivity contribution in [2.24, 2.45) is 0 Å². The number of ketones is 1. The van der Waals surface area contributed by atoms with E-state index in [1.807, 2.05) is 37.3 Å². The molecule has 0 aromatic heterocycles. The Morgan fingerprint density at radius 1 is 1.15 bits per heavy atom. The molecule has 0 amide bonds. The Bertz CT molecular complexity index is 629. The molecule has 0 saturated heterocycles. The minimum absolute atomic E-state index is 0.159. The van der Waals surface area contributed by atoms with E-state index in [2.05, 4.69) is 41.9 Å². The monoisotopic (exact) mass is 330 g/mol. The molecule has 0 unspecified atom stereocenters. The van der Waals surface area contributed by atoms with Gasteiger partial charge in [0.1, 0.15) is 0 Å². The van der Waals surface area contributed by atoms with Gasteiger partial charge >= 0.3 is 0 Å². The molecule has 2 rings (SSSR count). The van der Waals surface area contributed by atoms with Gasteiger partial charge in [-0.1, -0.05) is 66.2 Å². The van der Waals surface area contributed by atoms with Crippen LogP contribution in [0.2, 0.25) is 0 Å². The summed E-state index contributed by atoms with van der Waals surface area (Å²) in [4.78, 5) is 12.3. The van der Waals surface area contributed by atoms with Crippen LogP contribution < -0.4 is 0 Å². The summed E-state index contributed by atoms with van der Waals surface area (Å²) in [7, 11) is 0. The molecule has 0 spiro atoms. The van der Waals surface area contributed by atoms with E-state index >= 15 is 0 Å². The number of aryl methyl sites for hydroxylation is 1. The number of Topliss-reactive ketones (excluding diaryl/α,β-unsaturated/α-hetero) is 1. The maximum atomic E-state index is 12.3. The summed E-state index contributed by atoms with van der Waals surface area (Å²) in [5.74, 6) is 0.644. The second-order valence-corrected chi connectivity index (χ2v) is 6.32. The first-order valence-electron chi connectivity index (χ1n) is 6.85. The standard InChI is InChI=1S/C18H19BrO/c1-12(2)15-6-4-5-14(9-15)10-18(20)16-8-7-13(3)17(19)11-16/h4-9,11-12H,10H2,1-3H3. The summed E-state index contributed by atoms with van der Waals surface area (Å²) < 4.78 is 0.985. The average molecular weight is 331 g/mol. The third kappa shape index (κ3) is 3.57. The first kappa shape index (κ1) is 15.0. The molecule has 0 aliphatic rings. The number of rotatable bonds is 4. The zero-order chi connectivity index (χ0) is 14.7. The molecule has 104 valence electrons. The quantitative estimate of drug-likeness (QED) is 0.694. The Balaban J connectivity index is 2.19. The van der Waals surface area contributed by atoms with Gasteiger partial charge in [0.05, 0.1) is 0 Å². The second kappa shape index (κ2) is 6.36. The highest BCUT2D eigenvalue weighted by Gasteiger charge is 2.09. The summed E-state index contributed by atoms with van der Waals surface area (Å²) in [6.45, 7) is 6.35. The minimum Gasteiger partial charge on any atom is -0.294 e. The second-order valence-electron chi connectivity index (χ2n) is 5.46. The number of halogens is 1. The Labute approximate surface area is 129 Å². The van der Waals surface area contributed by atoms with E-state index in [4.69, 9.17) is 0 Å². The Morgan fingerprint density at radius 2 is 1.90 bits per heavy atom. The zero-order valence-electron chi connectivity index (χ0n) is 12.1. The zero-order valence-corrected chi connectivity index (χ0v) is 13.7. The topological polar surface area (TPSA) is 17.1 Å². The van der Waals surface area contributed by atoms with Gasteiger partial charge in [0, 0.05) is 16.5 Å². The number of hydrogen-bond donors (Lipinski definition) is 0. The van der Waals surface area contributed by atoms with Crippen molar-refractivity contribution in [3.63, 3.8) is 0 Å². The van der Waals surface area contributed by atoms with Crippen molar-refractivity contribution >= 4 is 21.7 Å². The number of hydrogen-bond acceptors (Lipinski definition) is 1. The van der Waals surface area contributed by atoms with Crippen LogP contribution >= 0.6 is 15.9 Å². The van der Waals surface area contributed by atoms with Gasteiger partial charge in [-0.3, -0.25) is 4.79 Å². The van der Waals surface area contributed by atoms with Gasteiger partial charge in [-0.05, 0) is 35.6 Å². The molecule has 0 bridgehead atoms. The highest BCUT2D eigenvalue weighted by atomic mass is 79.9. The maximum Gasteiger partial charge on any atom is 0.167 e. The molecule has 0 radical (unpaired) electrons. The fourth-order valence-corrected chi connectivity index (χ4v) is 2.49. The highest BCUT2D eigenvalue weighted by molar-refractivity contribution is 9.10. The van der Waals surface area contributed by atoms with Crippen LogP contribution in [0.15, 0.2) is 46.9 Å². The lowest BCUT2D eigenvalue weighted by molar-refractivity contribution is 0.0993. The number of carbonyl (C=O) groups is 1. The summed E-state index contributed by atoms with van der Waals surface area (Å²) >= 11 is 3.48. The summed E-state index contributed by atoms with van der Waals surface area (Å²) in [6.07, 6.45) is 0.454. The minimum atomic E-state index is 0.159. The lowest BCUT2D eigenvalue weighted by Crippen LogP contribution is -2.04. The lowest BCUT2D eigenvalue weighted by atomic mass is 9.97. The fraction of sp³-hybridized carbons (Fsp3) is 0.278. The molecule has 0 aliphatic heterocycles. The van der Waals surface area contributed by atoms with Crippen LogP contribution in [0.1, 0.15) is 46.8 Å². The van der Waals surface area contributed by atoms with Crippen molar-refractivity contribution in [1.82, 2.24) is 0 Å². The molecule has 0 heterocycles. The summed E-state index contributed by atoms with van der Waals surface area (Å²) in [5, 5.41) is 0. The van der Waals surface area contributed by atoms with Gasteiger partial charge in [-0.2, -0.15) is 0 Å². The maximum absolute atomic E-state index is 12.3. The van der Waals surface area contributed by atoms with Gasteiger partial charge in [0.25, 0.3) is 0 Å². The van der Waals surface area contributed by atoms with Crippen LogP contribution in [0.5, 0.6) is 0 Å². The van der Waals surface area contributed by atoms with Crippen LogP contribution in [-0.2, 0) is 6.42 Å². The molecule has 0 fully saturated rings. The Kier molecular flexibility index (Phi) is 4.77. The third-order valence-corrected chi connectivity index (χ3v) is 4.33. The molecule has 0 aliphatic carbocycles. The van der Waals surface area contributed by atoms with Crippen LogP contribution in [0.4, 0.5) is 0 Å². The van der Waals surface area contributed by atoms with Crippen molar-refractivity contribution in [2.75, 3.05) is 0 Å². The Morgan fingerprint density at radius 3 is 2.55 bits per heavy atom. The fourth-order valence-electron chi connectivity index (χ4n) is 2.12. The van der Waals surface area contributed by atoms with Gasteiger partial charge in [-0.25, -0.2) is 0 Å². The molecule has 2 aromatic carbocycles. The van der Waals surface area contributed by atoms with E-state index in [0.29, 0.717) is 12.3 Å². The lowest BCUT2D eigenvalue weighted by Gasteiger charge is -2.08. The first-order chi connectivity index (χ1) is 9.47. The molecule has 20 heavy (non-hydrogen) atoms. The predicted molar refractivity (Wildman–Crippen MR) is 87.4 cm³/mol. The van der Waals surface area contributed by atoms with Gasteiger partial charge < -0.3 is 0 Å². The van der Waals surface area contributed by atoms with Crippen molar-refractivity contribution < 1.29 is 4.79 Å². The van der Waals surface area contributed by atoms with E-state index in [1.54, 1.807) is 0 Å². The highest BCUT2D eigenvalue weighted by Crippen LogP contribution is 2.20. The van der Waals surface area contributed by atoms with Gasteiger partial charge in [0.2, 0.25) is 0 Å². The molecule has 0 saturated carbocycles. The summed E-state index contributed by atoms with van der Waals surface area (Å²) in [5.41, 5.74) is 4.26. The molecular formula is C18H19BrO. The SMILES string of the molecule is Cc1ccc(C(=O)Cc2cccc(C(C)C)c2)cc1Br. The number of carbonyl (C=O) groups excluding carboxylic acids is 1. The van der Waals surface area contributed by atoms with Crippen LogP contribution in [0.25, 0.3) is 0 Å². The molecule has 1 nitrogen and oxygen atoms in total. The van der Waals surface area contributed by atoms with E-state index in [9.17, 15) is 4.79 Å². The largest absolute Gasteiger partial charge is 0.294 e. The molecule has 2 aromatic rings.